The fourth-order valence-corrected chi connectivity index (χ4v) is 2.97. The lowest BCUT2D eigenvalue weighted by atomic mass is 10.2. The Bertz CT molecular complexity index is 612. The number of amides is 1. The zero-order valence-electron chi connectivity index (χ0n) is 10.2. The number of phenolic OH excluding ortho intramolecular Hbond substituents is 1. The summed E-state index contributed by atoms with van der Waals surface area (Å²) in [7, 11) is 0. The normalized spacial score (nSPS) is 17.0. The second-order valence-electron chi connectivity index (χ2n) is 4.05. The summed E-state index contributed by atoms with van der Waals surface area (Å²) < 4.78 is 0.322. The van der Waals surface area contributed by atoms with E-state index in [9.17, 15) is 19.8 Å². The van der Waals surface area contributed by atoms with E-state index in [4.69, 9.17) is 12.2 Å². The molecule has 0 radical (unpaired) electrons. The minimum atomic E-state index is -1.23. The van der Waals surface area contributed by atoms with E-state index >= 15 is 0 Å². The fraction of sp³-hybridized carbons (Fsp3) is 0.154. The predicted octanol–water partition coefficient (Wildman–Crippen LogP) is 0.733. The maximum Gasteiger partial charge on any atom is 0.266 e. The fourth-order valence-electron chi connectivity index (χ4n) is 1.66. The van der Waals surface area contributed by atoms with Crippen molar-refractivity contribution in [2.45, 2.75) is 6.42 Å². The Morgan fingerprint density at radius 3 is 2.90 bits per heavy atom. The van der Waals surface area contributed by atoms with Gasteiger partial charge in [0.05, 0.1) is 4.91 Å². The molecule has 1 N–H and O–H groups in total. The summed E-state index contributed by atoms with van der Waals surface area (Å²) in [5, 5.41) is 19.8. The number of thioether (sulfide) groups is 1. The highest BCUT2D eigenvalue weighted by atomic mass is 32.2. The average molecular weight is 308 g/mol. The number of nitrogens with zero attached hydrogens (tertiary/aromatic N) is 1. The van der Waals surface area contributed by atoms with Crippen LogP contribution in [0.4, 0.5) is 0 Å². The monoisotopic (exact) mass is 308 g/mol. The van der Waals surface area contributed by atoms with Crippen molar-refractivity contribution in [2.24, 2.45) is 0 Å². The standard InChI is InChI=1S/C13H11NO4S2/c15-9-3-1-2-8(6-9)7-10-12(18)14(13(19)20-10)5-4-11(16)17/h1-3,6-7,15H,4-5H2,(H,16,17)/p-1/b10-7+. The molecule has 1 aromatic rings. The highest BCUT2D eigenvalue weighted by Gasteiger charge is 2.31. The van der Waals surface area contributed by atoms with Crippen LogP contribution in [-0.2, 0) is 9.59 Å². The van der Waals surface area contributed by atoms with Crippen LogP contribution in [0.1, 0.15) is 12.0 Å². The molecule has 20 heavy (non-hydrogen) atoms. The quantitative estimate of drug-likeness (QED) is 0.652. The van der Waals surface area contributed by atoms with Gasteiger partial charge >= 0.3 is 0 Å². The Balaban J connectivity index is 2.17. The van der Waals surface area contributed by atoms with Gasteiger partial charge in [0.15, 0.2) is 0 Å². The first-order chi connectivity index (χ1) is 9.47. The Morgan fingerprint density at radius 1 is 1.50 bits per heavy atom. The Labute approximate surface area is 124 Å². The molecule has 5 nitrogen and oxygen atoms in total. The van der Waals surface area contributed by atoms with Gasteiger partial charge in [0, 0.05) is 18.9 Å². The molecule has 0 bridgehead atoms. The molecule has 1 heterocycles. The van der Waals surface area contributed by atoms with Crippen LogP contribution in [0.5, 0.6) is 5.75 Å². The minimum absolute atomic E-state index is 0.00434. The van der Waals surface area contributed by atoms with Crippen molar-refractivity contribution in [1.29, 1.82) is 0 Å². The second-order valence-corrected chi connectivity index (χ2v) is 5.73. The predicted molar refractivity (Wildman–Crippen MR) is 77.6 cm³/mol. The number of rotatable bonds is 4. The van der Waals surface area contributed by atoms with Crippen molar-refractivity contribution in [1.82, 2.24) is 4.90 Å². The topological polar surface area (TPSA) is 80.7 Å². The van der Waals surface area contributed by atoms with Crippen LogP contribution in [-0.4, -0.2) is 32.7 Å². The van der Waals surface area contributed by atoms with E-state index in [1.165, 1.54) is 17.0 Å². The van der Waals surface area contributed by atoms with Gasteiger partial charge < -0.3 is 15.0 Å². The Hall–Kier alpha value is -1.86. The van der Waals surface area contributed by atoms with E-state index < -0.39 is 5.97 Å². The molecule has 0 aliphatic carbocycles. The molecule has 1 amide bonds. The highest BCUT2D eigenvalue weighted by molar-refractivity contribution is 8.26. The van der Waals surface area contributed by atoms with Gasteiger partial charge in [0.2, 0.25) is 0 Å². The van der Waals surface area contributed by atoms with E-state index in [-0.39, 0.29) is 24.6 Å². The molecule has 1 aliphatic rings. The summed E-state index contributed by atoms with van der Waals surface area (Å²) in [6.45, 7) is 0.00434. The molecule has 1 saturated heterocycles. The third-order valence-corrected chi connectivity index (χ3v) is 3.96. The maximum atomic E-state index is 12.1. The number of hydrogen-bond donors (Lipinski definition) is 1. The van der Waals surface area contributed by atoms with Crippen molar-refractivity contribution in [3.63, 3.8) is 0 Å². The molecule has 0 unspecified atom stereocenters. The lowest BCUT2D eigenvalue weighted by Crippen LogP contribution is -2.33. The van der Waals surface area contributed by atoms with E-state index in [1.807, 2.05) is 0 Å². The van der Waals surface area contributed by atoms with Gasteiger partial charge in [-0.2, -0.15) is 0 Å². The Morgan fingerprint density at radius 2 is 2.25 bits per heavy atom. The summed E-state index contributed by atoms with van der Waals surface area (Å²) in [5.41, 5.74) is 0.672. The van der Waals surface area contributed by atoms with Crippen molar-refractivity contribution in [3.8, 4) is 5.75 Å². The van der Waals surface area contributed by atoms with Gasteiger partial charge in [-0.15, -0.1) is 0 Å². The van der Waals surface area contributed by atoms with E-state index in [1.54, 1.807) is 18.2 Å². The molecule has 7 heteroatoms. The molecule has 0 atom stereocenters. The number of phenols is 1. The summed E-state index contributed by atoms with van der Waals surface area (Å²) in [4.78, 5) is 24.2. The van der Waals surface area contributed by atoms with Crippen molar-refractivity contribution >= 4 is 46.3 Å². The third-order valence-electron chi connectivity index (χ3n) is 2.58. The summed E-state index contributed by atoms with van der Waals surface area (Å²) in [5.74, 6) is -1.45. The van der Waals surface area contributed by atoms with Crippen LogP contribution < -0.4 is 5.11 Å². The number of carboxylic acids is 1. The first-order valence-corrected chi connectivity index (χ1v) is 6.94. The van der Waals surface area contributed by atoms with Gasteiger partial charge in [-0.1, -0.05) is 36.1 Å². The van der Waals surface area contributed by atoms with Crippen LogP contribution >= 0.6 is 24.0 Å². The molecule has 0 saturated carbocycles. The van der Waals surface area contributed by atoms with Crippen LogP contribution in [0.15, 0.2) is 29.2 Å². The van der Waals surface area contributed by atoms with Gasteiger partial charge in [-0.25, -0.2) is 0 Å². The van der Waals surface area contributed by atoms with Crippen molar-refractivity contribution < 1.29 is 19.8 Å². The maximum absolute atomic E-state index is 12.1. The number of carbonyl (C=O) groups excluding carboxylic acids is 2. The summed E-state index contributed by atoms with van der Waals surface area (Å²) >= 11 is 6.16. The molecule has 104 valence electrons. The lowest BCUT2D eigenvalue weighted by molar-refractivity contribution is -0.305. The second kappa shape index (κ2) is 6.06. The summed E-state index contributed by atoms with van der Waals surface area (Å²) in [6.07, 6.45) is 1.35. The van der Waals surface area contributed by atoms with Crippen LogP contribution in [0.2, 0.25) is 0 Å². The van der Waals surface area contributed by atoms with Crippen LogP contribution in [0.3, 0.4) is 0 Å². The smallest absolute Gasteiger partial charge is 0.266 e. The molecule has 0 spiro atoms. The zero-order valence-corrected chi connectivity index (χ0v) is 11.9. The number of thiocarbonyl (C=S) groups is 1. The molecule has 1 fully saturated rings. The molecule has 1 aromatic carbocycles. The number of aromatic hydroxyl groups is 1. The Kier molecular flexibility index (Phi) is 4.41. The van der Waals surface area contributed by atoms with Gasteiger partial charge in [0.1, 0.15) is 10.1 Å². The van der Waals surface area contributed by atoms with Crippen molar-refractivity contribution in [2.75, 3.05) is 6.54 Å². The molecule has 1 aliphatic heterocycles. The van der Waals surface area contributed by atoms with Gasteiger partial charge in [-0.3, -0.25) is 9.69 Å². The van der Waals surface area contributed by atoms with E-state index in [2.05, 4.69) is 0 Å². The van der Waals surface area contributed by atoms with Crippen molar-refractivity contribution in [3.05, 3.63) is 34.7 Å². The summed E-state index contributed by atoms with van der Waals surface area (Å²) in [6, 6.07) is 6.46. The van der Waals surface area contributed by atoms with Crippen LogP contribution in [0, 0.1) is 0 Å². The van der Waals surface area contributed by atoms with E-state index in [0.29, 0.717) is 14.8 Å². The lowest BCUT2D eigenvalue weighted by Gasteiger charge is -2.14. The number of hydrogen-bond acceptors (Lipinski definition) is 6. The highest BCUT2D eigenvalue weighted by Crippen LogP contribution is 2.32. The minimum Gasteiger partial charge on any atom is -0.550 e. The largest absolute Gasteiger partial charge is 0.550 e. The molecule has 2 rings (SSSR count). The number of benzene rings is 1. The first kappa shape index (κ1) is 14.5. The first-order valence-electron chi connectivity index (χ1n) is 5.71. The van der Waals surface area contributed by atoms with Gasteiger partial charge in [0.25, 0.3) is 5.91 Å². The van der Waals surface area contributed by atoms with Crippen LogP contribution in [0.25, 0.3) is 6.08 Å². The third kappa shape index (κ3) is 3.37. The SMILES string of the molecule is O=C([O-])CCN1C(=O)/C(=C\c2cccc(O)c2)SC1=S. The number of carboxylic acid groups (broad SMARTS) is 1. The van der Waals surface area contributed by atoms with Gasteiger partial charge in [-0.05, 0) is 23.8 Å². The molecular formula is C13H10NO4S2-. The molecular weight excluding hydrogens is 298 g/mol. The number of aliphatic carboxylic acids is 1. The van der Waals surface area contributed by atoms with E-state index in [0.717, 1.165) is 11.8 Å². The average Bonchev–Trinajstić information content (AvgIpc) is 2.62. The number of carbonyl (C=O) groups is 2. The zero-order chi connectivity index (χ0) is 14.7. The molecule has 0 aromatic heterocycles.